The Bertz CT molecular complexity index is 646. The lowest BCUT2D eigenvalue weighted by molar-refractivity contribution is 0.303. The molecule has 0 aliphatic carbocycles. The molecule has 0 heterocycles. The Kier molecular flexibility index (Phi) is 6.31. The van der Waals surface area contributed by atoms with Gasteiger partial charge in [0.1, 0.15) is 17.2 Å². The van der Waals surface area contributed by atoms with E-state index in [1.807, 2.05) is 55.5 Å². The molecule has 0 aromatic heterocycles. The van der Waals surface area contributed by atoms with Gasteiger partial charge in [0.05, 0.1) is 32.3 Å². The van der Waals surface area contributed by atoms with Crippen molar-refractivity contribution in [3.63, 3.8) is 0 Å². The van der Waals surface area contributed by atoms with Crippen molar-refractivity contribution in [2.75, 3.05) is 20.3 Å². The SMILES string of the molecule is CCOc1ccc(OCCC(C#N)c2cccc(OC)c2)cc1. The molecule has 2 rings (SSSR count). The van der Waals surface area contributed by atoms with Crippen molar-refractivity contribution in [1.29, 1.82) is 5.26 Å². The highest BCUT2D eigenvalue weighted by Crippen LogP contribution is 2.24. The topological polar surface area (TPSA) is 51.5 Å². The zero-order chi connectivity index (χ0) is 16.5. The minimum Gasteiger partial charge on any atom is -0.497 e. The number of hydrogen-bond donors (Lipinski definition) is 0. The highest BCUT2D eigenvalue weighted by atomic mass is 16.5. The Morgan fingerprint density at radius 2 is 1.70 bits per heavy atom. The Morgan fingerprint density at radius 1 is 1.00 bits per heavy atom. The molecular formula is C19H21NO3. The zero-order valence-corrected chi connectivity index (χ0v) is 13.5. The lowest BCUT2D eigenvalue weighted by atomic mass is 9.97. The summed E-state index contributed by atoms with van der Waals surface area (Å²) >= 11 is 0. The molecule has 0 amide bonds. The van der Waals surface area contributed by atoms with Crippen molar-refractivity contribution in [1.82, 2.24) is 0 Å². The van der Waals surface area contributed by atoms with E-state index in [1.54, 1.807) is 7.11 Å². The molecule has 1 unspecified atom stereocenters. The van der Waals surface area contributed by atoms with Crippen LogP contribution in [0, 0.1) is 11.3 Å². The first-order valence-electron chi connectivity index (χ1n) is 7.66. The minimum absolute atomic E-state index is 0.215. The van der Waals surface area contributed by atoms with Gasteiger partial charge in [0.2, 0.25) is 0 Å². The summed E-state index contributed by atoms with van der Waals surface area (Å²) in [5.41, 5.74) is 0.946. The van der Waals surface area contributed by atoms with Crippen LogP contribution in [0.2, 0.25) is 0 Å². The Hall–Kier alpha value is -2.67. The molecule has 0 fully saturated rings. The second-order valence-corrected chi connectivity index (χ2v) is 5.00. The molecule has 0 aliphatic rings. The second-order valence-electron chi connectivity index (χ2n) is 5.00. The first-order valence-corrected chi connectivity index (χ1v) is 7.66. The maximum absolute atomic E-state index is 9.37. The maximum Gasteiger partial charge on any atom is 0.119 e. The number of rotatable bonds is 8. The summed E-state index contributed by atoms with van der Waals surface area (Å²) in [7, 11) is 1.62. The van der Waals surface area contributed by atoms with Gasteiger partial charge in [0.15, 0.2) is 0 Å². The van der Waals surface area contributed by atoms with Gasteiger partial charge >= 0.3 is 0 Å². The third-order valence-corrected chi connectivity index (χ3v) is 3.46. The van der Waals surface area contributed by atoms with Gasteiger partial charge in [-0.15, -0.1) is 0 Å². The molecule has 0 spiro atoms. The highest BCUT2D eigenvalue weighted by Gasteiger charge is 2.11. The average Bonchev–Trinajstić information content (AvgIpc) is 2.60. The number of methoxy groups -OCH3 is 1. The van der Waals surface area contributed by atoms with Crippen LogP contribution >= 0.6 is 0 Å². The number of hydrogen-bond acceptors (Lipinski definition) is 4. The number of ether oxygens (including phenoxy) is 3. The largest absolute Gasteiger partial charge is 0.497 e. The molecule has 4 nitrogen and oxygen atoms in total. The van der Waals surface area contributed by atoms with Crippen molar-refractivity contribution in [3.05, 3.63) is 54.1 Å². The van der Waals surface area contributed by atoms with Crippen molar-refractivity contribution in [2.24, 2.45) is 0 Å². The lowest BCUT2D eigenvalue weighted by Crippen LogP contribution is -2.05. The molecule has 0 radical (unpaired) electrons. The molecule has 2 aromatic rings. The molecule has 0 bridgehead atoms. The summed E-state index contributed by atoms with van der Waals surface area (Å²) in [4.78, 5) is 0. The van der Waals surface area contributed by atoms with Crippen molar-refractivity contribution in [3.8, 4) is 23.3 Å². The second kappa shape index (κ2) is 8.70. The van der Waals surface area contributed by atoms with E-state index in [0.29, 0.717) is 19.6 Å². The van der Waals surface area contributed by atoms with Crippen LogP contribution in [0.4, 0.5) is 0 Å². The lowest BCUT2D eigenvalue weighted by Gasteiger charge is -2.12. The third kappa shape index (κ3) is 4.93. The predicted octanol–water partition coefficient (Wildman–Crippen LogP) is 4.17. The van der Waals surface area contributed by atoms with E-state index in [9.17, 15) is 5.26 Å². The van der Waals surface area contributed by atoms with Gasteiger partial charge in [-0.3, -0.25) is 0 Å². The van der Waals surface area contributed by atoms with E-state index < -0.39 is 0 Å². The van der Waals surface area contributed by atoms with Crippen LogP contribution in [0.3, 0.4) is 0 Å². The van der Waals surface area contributed by atoms with Gasteiger partial charge in [0.25, 0.3) is 0 Å². The van der Waals surface area contributed by atoms with Crippen molar-refractivity contribution < 1.29 is 14.2 Å². The molecule has 0 aliphatic heterocycles. The summed E-state index contributed by atoms with van der Waals surface area (Å²) in [6.07, 6.45) is 0.622. The van der Waals surface area contributed by atoms with Gasteiger partial charge in [-0.05, 0) is 48.9 Å². The van der Waals surface area contributed by atoms with E-state index in [1.165, 1.54) is 0 Å². The van der Waals surface area contributed by atoms with Crippen LogP contribution in [0.5, 0.6) is 17.2 Å². The molecule has 4 heteroatoms. The summed E-state index contributed by atoms with van der Waals surface area (Å²) in [5, 5.41) is 9.37. The fourth-order valence-corrected chi connectivity index (χ4v) is 2.26. The highest BCUT2D eigenvalue weighted by molar-refractivity contribution is 5.34. The average molecular weight is 311 g/mol. The summed E-state index contributed by atoms with van der Waals surface area (Å²) in [6.45, 7) is 3.07. The van der Waals surface area contributed by atoms with Gasteiger partial charge in [0, 0.05) is 6.42 Å². The van der Waals surface area contributed by atoms with E-state index in [4.69, 9.17) is 14.2 Å². The summed E-state index contributed by atoms with van der Waals surface area (Å²) in [6, 6.07) is 17.4. The number of nitriles is 1. The van der Waals surface area contributed by atoms with E-state index in [-0.39, 0.29) is 5.92 Å². The molecular weight excluding hydrogens is 290 g/mol. The monoisotopic (exact) mass is 311 g/mol. The number of nitrogens with zero attached hydrogens (tertiary/aromatic N) is 1. The summed E-state index contributed by atoms with van der Waals surface area (Å²) in [5.74, 6) is 2.14. The molecule has 0 N–H and O–H groups in total. The van der Waals surface area contributed by atoms with E-state index in [2.05, 4.69) is 6.07 Å². The Labute approximate surface area is 137 Å². The van der Waals surface area contributed by atoms with Crippen molar-refractivity contribution >= 4 is 0 Å². The molecule has 0 saturated heterocycles. The van der Waals surface area contributed by atoms with E-state index in [0.717, 1.165) is 22.8 Å². The molecule has 120 valence electrons. The smallest absolute Gasteiger partial charge is 0.119 e. The van der Waals surface area contributed by atoms with Crippen LogP contribution in [-0.4, -0.2) is 20.3 Å². The Morgan fingerprint density at radius 3 is 2.30 bits per heavy atom. The minimum atomic E-state index is -0.215. The van der Waals surface area contributed by atoms with Gasteiger partial charge in [-0.1, -0.05) is 12.1 Å². The quantitative estimate of drug-likeness (QED) is 0.734. The van der Waals surface area contributed by atoms with Gasteiger partial charge in [-0.25, -0.2) is 0 Å². The van der Waals surface area contributed by atoms with Crippen LogP contribution in [0.25, 0.3) is 0 Å². The maximum atomic E-state index is 9.37. The van der Waals surface area contributed by atoms with Crippen LogP contribution < -0.4 is 14.2 Å². The normalized spacial score (nSPS) is 11.3. The predicted molar refractivity (Wildman–Crippen MR) is 89.1 cm³/mol. The molecule has 1 atom stereocenters. The van der Waals surface area contributed by atoms with Crippen LogP contribution in [0.15, 0.2) is 48.5 Å². The van der Waals surface area contributed by atoms with Gasteiger partial charge < -0.3 is 14.2 Å². The number of benzene rings is 2. The first kappa shape index (κ1) is 16.7. The van der Waals surface area contributed by atoms with Gasteiger partial charge in [-0.2, -0.15) is 5.26 Å². The molecule has 2 aromatic carbocycles. The molecule has 23 heavy (non-hydrogen) atoms. The van der Waals surface area contributed by atoms with Crippen molar-refractivity contribution in [2.45, 2.75) is 19.3 Å². The van der Waals surface area contributed by atoms with E-state index >= 15 is 0 Å². The fourth-order valence-electron chi connectivity index (χ4n) is 2.26. The molecule has 0 saturated carbocycles. The Balaban J connectivity index is 1.89. The van der Waals surface area contributed by atoms with Crippen LogP contribution in [0.1, 0.15) is 24.8 Å². The summed E-state index contributed by atoms with van der Waals surface area (Å²) < 4.78 is 16.3. The van der Waals surface area contributed by atoms with Crippen LogP contribution in [-0.2, 0) is 0 Å². The zero-order valence-electron chi connectivity index (χ0n) is 13.5. The standard InChI is InChI=1S/C19H21NO3/c1-3-22-17-7-9-18(10-8-17)23-12-11-16(14-20)15-5-4-6-19(13-15)21-2/h4-10,13,16H,3,11-12H2,1-2H3. The fraction of sp³-hybridized carbons (Fsp3) is 0.316. The third-order valence-electron chi connectivity index (χ3n) is 3.46. The first-order chi connectivity index (χ1) is 11.3.